The third-order valence-corrected chi connectivity index (χ3v) is 3.28. The first-order valence-corrected chi connectivity index (χ1v) is 6.84. The topological polar surface area (TPSA) is 26.3 Å². The number of ether oxygens (including phenoxy) is 1. The molecule has 22 heavy (non-hydrogen) atoms. The molecule has 0 heterocycles. The van der Waals surface area contributed by atoms with Crippen molar-refractivity contribution in [2.24, 2.45) is 0 Å². The van der Waals surface area contributed by atoms with Gasteiger partial charge in [-0.15, -0.1) is 0 Å². The second kappa shape index (κ2) is 6.22. The summed E-state index contributed by atoms with van der Waals surface area (Å²) in [5, 5.41) is 0. The first-order valence-electron chi connectivity index (χ1n) is 6.84. The zero-order valence-corrected chi connectivity index (χ0v) is 11.7. The van der Waals surface area contributed by atoms with Gasteiger partial charge in [-0.2, -0.15) is 0 Å². The van der Waals surface area contributed by atoms with E-state index in [1.165, 1.54) is 12.1 Å². The molecular weight excluding hydrogens is 279 g/mol. The summed E-state index contributed by atoms with van der Waals surface area (Å²) in [5.74, 6) is 0.0761. The van der Waals surface area contributed by atoms with Gasteiger partial charge in [0.25, 0.3) is 0 Å². The third kappa shape index (κ3) is 3.04. The van der Waals surface area contributed by atoms with Crippen LogP contribution in [0.3, 0.4) is 0 Å². The minimum atomic E-state index is -0.559. The van der Waals surface area contributed by atoms with Crippen molar-refractivity contribution in [3.8, 4) is 22.6 Å². The van der Waals surface area contributed by atoms with Crippen molar-refractivity contribution in [1.29, 1.82) is 0 Å². The molecule has 0 saturated carbocycles. The summed E-state index contributed by atoms with van der Waals surface area (Å²) in [4.78, 5) is 10.6. The Morgan fingerprint density at radius 3 is 2.14 bits per heavy atom. The average Bonchev–Trinajstić information content (AvgIpc) is 2.58. The third-order valence-electron chi connectivity index (χ3n) is 3.28. The lowest BCUT2D eigenvalue weighted by molar-refractivity contribution is 0.112. The summed E-state index contributed by atoms with van der Waals surface area (Å²) < 4.78 is 19.3. The van der Waals surface area contributed by atoms with Gasteiger partial charge in [0.15, 0.2) is 11.6 Å². The molecular formula is C19H13FO2. The second-order valence-corrected chi connectivity index (χ2v) is 4.80. The van der Waals surface area contributed by atoms with Crippen LogP contribution < -0.4 is 4.74 Å². The molecule has 3 rings (SSSR count). The number of carbonyl (C=O) groups is 1. The normalized spacial score (nSPS) is 10.2. The maximum absolute atomic E-state index is 13.8. The molecule has 0 aliphatic heterocycles. The maximum atomic E-state index is 13.8. The van der Waals surface area contributed by atoms with Gasteiger partial charge in [0.05, 0.1) is 0 Å². The van der Waals surface area contributed by atoms with Crippen molar-refractivity contribution in [1.82, 2.24) is 0 Å². The molecule has 0 fully saturated rings. The lowest BCUT2D eigenvalue weighted by atomic mass is 10.1. The van der Waals surface area contributed by atoms with Crippen LogP contribution in [0.15, 0.2) is 72.8 Å². The zero-order valence-electron chi connectivity index (χ0n) is 11.7. The fourth-order valence-electron chi connectivity index (χ4n) is 2.15. The van der Waals surface area contributed by atoms with E-state index in [1.807, 2.05) is 42.5 Å². The Morgan fingerprint density at radius 1 is 0.818 bits per heavy atom. The molecule has 0 atom stereocenters. The van der Waals surface area contributed by atoms with E-state index in [9.17, 15) is 9.18 Å². The molecule has 2 nitrogen and oxygen atoms in total. The highest BCUT2D eigenvalue weighted by atomic mass is 19.1. The monoisotopic (exact) mass is 292 g/mol. The molecule has 0 saturated heterocycles. The smallest absolute Gasteiger partial charge is 0.166 e. The summed E-state index contributed by atoms with van der Waals surface area (Å²) in [6, 6.07) is 21.5. The summed E-state index contributed by atoms with van der Waals surface area (Å²) in [6.45, 7) is 0. The van der Waals surface area contributed by atoms with E-state index in [0.29, 0.717) is 12.0 Å². The van der Waals surface area contributed by atoms with Gasteiger partial charge in [0.2, 0.25) is 0 Å². The Kier molecular flexibility index (Phi) is 3.97. The Bertz CT molecular complexity index is 780. The van der Waals surface area contributed by atoms with Gasteiger partial charge in [-0.05, 0) is 41.5 Å². The van der Waals surface area contributed by atoms with Crippen LogP contribution in [0.1, 0.15) is 10.4 Å². The first kappa shape index (κ1) is 14.0. The quantitative estimate of drug-likeness (QED) is 0.625. The molecule has 0 bridgehead atoms. The highest BCUT2D eigenvalue weighted by Gasteiger charge is 2.06. The predicted molar refractivity (Wildman–Crippen MR) is 83.7 cm³/mol. The van der Waals surface area contributed by atoms with Crippen molar-refractivity contribution < 1.29 is 13.9 Å². The predicted octanol–water partition coefficient (Wildman–Crippen LogP) is 5.10. The molecule has 0 unspecified atom stereocenters. The molecule has 0 amide bonds. The van der Waals surface area contributed by atoms with Crippen LogP contribution in [-0.4, -0.2) is 6.29 Å². The van der Waals surface area contributed by atoms with E-state index >= 15 is 0 Å². The van der Waals surface area contributed by atoms with Crippen molar-refractivity contribution in [2.75, 3.05) is 0 Å². The summed E-state index contributed by atoms with van der Waals surface area (Å²) >= 11 is 0. The highest BCUT2D eigenvalue weighted by Crippen LogP contribution is 2.27. The van der Waals surface area contributed by atoms with Gasteiger partial charge in [-0.25, -0.2) is 4.39 Å². The molecule has 0 aliphatic carbocycles. The van der Waals surface area contributed by atoms with Crippen LogP contribution in [-0.2, 0) is 0 Å². The van der Waals surface area contributed by atoms with Crippen LogP contribution in [0.4, 0.5) is 4.39 Å². The van der Waals surface area contributed by atoms with Crippen LogP contribution in [0.25, 0.3) is 11.1 Å². The molecule has 0 spiro atoms. The fourth-order valence-corrected chi connectivity index (χ4v) is 2.15. The fraction of sp³-hybridized carbons (Fsp3) is 0. The SMILES string of the molecule is O=Cc1ccc(Oc2ccc(-c3ccccc3)cc2)c(F)c1. The van der Waals surface area contributed by atoms with Crippen molar-refractivity contribution in [2.45, 2.75) is 0 Å². The zero-order chi connectivity index (χ0) is 15.4. The Morgan fingerprint density at radius 2 is 1.50 bits per heavy atom. The lowest BCUT2D eigenvalue weighted by Crippen LogP contribution is -1.90. The molecule has 0 radical (unpaired) electrons. The summed E-state index contributed by atoms with van der Waals surface area (Å²) in [7, 11) is 0. The second-order valence-electron chi connectivity index (χ2n) is 4.80. The molecule has 0 aromatic heterocycles. The van der Waals surface area contributed by atoms with Gasteiger partial charge in [-0.1, -0.05) is 42.5 Å². The van der Waals surface area contributed by atoms with E-state index in [4.69, 9.17) is 4.74 Å². The Hall–Kier alpha value is -2.94. The number of hydrogen-bond donors (Lipinski definition) is 0. The van der Waals surface area contributed by atoms with Gasteiger partial charge >= 0.3 is 0 Å². The lowest BCUT2D eigenvalue weighted by Gasteiger charge is -2.08. The number of benzene rings is 3. The summed E-state index contributed by atoms with van der Waals surface area (Å²) in [6.07, 6.45) is 0.599. The van der Waals surface area contributed by atoms with E-state index in [1.54, 1.807) is 12.1 Å². The maximum Gasteiger partial charge on any atom is 0.166 e. The van der Waals surface area contributed by atoms with E-state index in [-0.39, 0.29) is 11.3 Å². The minimum absolute atomic E-state index is 0.0954. The van der Waals surface area contributed by atoms with Gasteiger partial charge in [-0.3, -0.25) is 4.79 Å². The van der Waals surface area contributed by atoms with E-state index in [0.717, 1.165) is 17.2 Å². The number of carbonyl (C=O) groups excluding carboxylic acids is 1. The van der Waals surface area contributed by atoms with Crippen molar-refractivity contribution in [3.63, 3.8) is 0 Å². The van der Waals surface area contributed by atoms with Crippen LogP contribution in [0.5, 0.6) is 11.5 Å². The average molecular weight is 292 g/mol. The minimum Gasteiger partial charge on any atom is -0.454 e. The van der Waals surface area contributed by atoms with Crippen LogP contribution in [0, 0.1) is 5.82 Å². The van der Waals surface area contributed by atoms with Crippen molar-refractivity contribution >= 4 is 6.29 Å². The molecule has 0 aliphatic rings. The summed E-state index contributed by atoms with van der Waals surface area (Å²) in [5.41, 5.74) is 2.45. The van der Waals surface area contributed by atoms with Crippen LogP contribution in [0.2, 0.25) is 0 Å². The molecule has 3 heteroatoms. The molecule has 108 valence electrons. The number of aldehydes is 1. The standard InChI is InChI=1S/C19H13FO2/c20-18-12-14(13-21)6-11-19(18)22-17-9-7-16(8-10-17)15-4-2-1-3-5-15/h1-13H. The number of hydrogen-bond acceptors (Lipinski definition) is 2. The molecule has 0 N–H and O–H groups in total. The van der Waals surface area contributed by atoms with E-state index < -0.39 is 5.82 Å². The Balaban J connectivity index is 1.81. The van der Waals surface area contributed by atoms with E-state index in [2.05, 4.69) is 0 Å². The van der Waals surface area contributed by atoms with Crippen molar-refractivity contribution in [3.05, 3.63) is 84.2 Å². The Labute approximate surface area is 127 Å². The van der Waals surface area contributed by atoms with Gasteiger partial charge in [0.1, 0.15) is 12.0 Å². The molecule has 3 aromatic carbocycles. The highest BCUT2D eigenvalue weighted by molar-refractivity contribution is 5.75. The van der Waals surface area contributed by atoms with Gasteiger partial charge in [0, 0.05) is 5.56 Å². The van der Waals surface area contributed by atoms with Crippen LogP contribution >= 0.6 is 0 Å². The first-order chi connectivity index (χ1) is 10.8. The largest absolute Gasteiger partial charge is 0.454 e. The number of rotatable bonds is 4. The molecule has 3 aromatic rings. The number of halogens is 1. The van der Waals surface area contributed by atoms with Gasteiger partial charge < -0.3 is 4.74 Å².